The largest absolute Gasteiger partial charge is 0.487 e. The molecule has 2 heterocycles. The Bertz CT molecular complexity index is 432. The van der Waals surface area contributed by atoms with Crippen molar-refractivity contribution >= 4 is 0 Å². The van der Waals surface area contributed by atoms with E-state index in [1.54, 1.807) is 6.20 Å². The Hall–Kier alpha value is -1.20. The monoisotopic (exact) mass is 293 g/mol. The van der Waals surface area contributed by atoms with Crippen molar-refractivity contribution in [3.63, 3.8) is 0 Å². The van der Waals surface area contributed by atoms with E-state index in [4.69, 9.17) is 9.47 Å². The second kappa shape index (κ2) is 8.29. The van der Waals surface area contributed by atoms with Gasteiger partial charge in [0.2, 0.25) is 0 Å². The van der Waals surface area contributed by atoms with Gasteiger partial charge in [-0.05, 0) is 25.8 Å². The highest BCUT2D eigenvalue weighted by molar-refractivity contribution is 5.25. The van der Waals surface area contributed by atoms with Crippen LogP contribution in [0, 0.1) is 0 Å². The molecule has 0 aromatic carbocycles. The van der Waals surface area contributed by atoms with Crippen LogP contribution in [0.3, 0.4) is 0 Å². The van der Waals surface area contributed by atoms with Crippen LogP contribution in [0.2, 0.25) is 0 Å². The fourth-order valence-corrected chi connectivity index (χ4v) is 2.29. The Labute approximate surface area is 127 Å². The maximum Gasteiger partial charge on any atom is 0.160 e. The van der Waals surface area contributed by atoms with Crippen molar-refractivity contribution in [1.82, 2.24) is 15.3 Å². The fourth-order valence-electron chi connectivity index (χ4n) is 2.29. The lowest BCUT2D eigenvalue weighted by molar-refractivity contribution is 0.0672. The third kappa shape index (κ3) is 4.93. The molecule has 118 valence electrons. The minimum Gasteiger partial charge on any atom is -0.487 e. The number of hydrogen-bond acceptors (Lipinski definition) is 5. The first-order valence-corrected chi connectivity index (χ1v) is 8.01. The van der Waals surface area contributed by atoms with Gasteiger partial charge in [-0.1, -0.05) is 20.8 Å². The fraction of sp³-hybridized carbons (Fsp3) is 0.750. The third-order valence-corrected chi connectivity index (χ3v) is 3.53. The molecular weight excluding hydrogens is 266 g/mol. The number of hydrogen-bond donors (Lipinski definition) is 1. The Balaban J connectivity index is 2.01. The Kier molecular flexibility index (Phi) is 6.39. The summed E-state index contributed by atoms with van der Waals surface area (Å²) < 4.78 is 11.5. The normalized spacial score (nSPS) is 18.4. The summed E-state index contributed by atoms with van der Waals surface area (Å²) in [5.41, 5.74) is 0.945. The van der Waals surface area contributed by atoms with Crippen molar-refractivity contribution in [2.45, 2.75) is 58.6 Å². The second-order valence-corrected chi connectivity index (χ2v) is 5.82. The van der Waals surface area contributed by atoms with Crippen LogP contribution in [0.5, 0.6) is 5.75 Å². The number of nitrogens with zero attached hydrogens (tertiary/aromatic N) is 2. The lowest BCUT2D eigenvalue weighted by Crippen LogP contribution is -2.20. The Morgan fingerprint density at radius 2 is 2.33 bits per heavy atom. The molecule has 2 rings (SSSR count). The molecule has 5 nitrogen and oxygen atoms in total. The van der Waals surface area contributed by atoms with Crippen LogP contribution < -0.4 is 10.1 Å². The lowest BCUT2D eigenvalue weighted by atomic mass is 10.2. The summed E-state index contributed by atoms with van der Waals surface area (Å²) in [4.78, 5) is 9.06. The number of ether oxygens (including phenoxy) is 2. The summed E-state index contributed by atoms with van der Waals surface area (Å²) in [6, 6.07) is 0. The summed E-state index contributed by atoms with van der Waals surface area (Å²) in [7, 11) is 0. The summed E-state index contributed by atoms with van der Waals surface area (Å²) in [6.07, 6.45) is 5.33. The third-order valence-electron chi connectivity index (χ3n) is 3.53. The standard InChI is InChI=1S/C16H27N3O2/c1-4-7-17-9-14-15(10-18-16(19-14)12(2)3)21-11-13-6-5-8-20-13/h10,12-13,17H,4-9,11H2,1-3H3. The van der Waals surface area contributed by atoms with Crippen molar-refractivity contribution < 1.29 is 9.47 Å². The van der Waals surface area contributed by atoms with Gasteiger partial charge in [-0.3, -0.25) is 0 Å². The molecule has 5 heteroatoms. The van der Waals surface area contributed by atoms with Gasteiger partial charge in [0, 0.05) is 19.1 Å². The molecule has 1 aromatic heterocycles. The number of aromatic nitrogens is 2. The van der Waals surface area contributed by atoms with Crippen molar-refractivity contribution in [3.05, 3.63) is 17.7 Å². The van der Waals surface area contributed by atoms with Gasteiger partial charge in [-0.15, -0.1) is 0 Å². The van der Waals surface area contributed by atoms with E-state index in [1.165, 1.54) is 0 Å². The van der Waals surface area contributed by atoms with Gasteiger partial charge < -0.3 is 14.8 Å². The molecule has 1 aliphatic rings. The van der Waals surface area contributed by atoms with E-state index < -0.39 is 0 Å². The molecule has 0 spiro atoms. The van der Waals surface area contributed by atoms with E-state index in [-0.39, 0.29) is 6.10 Å². The molecular formula is C16H27N3O2. The molecule has 0 aliphatic carbocycles. The summed E-state index contributed by atoms with van der Waals surface area (Å²) in [5, 5.41) is 3.38. The minimum absolute atomic E-state index is 0.214. The first kappa shape index (κ1) is 16.2. The molecule has 1 fully saturated rings. The molecule has 1 N–H and O–H groups in total. The number of rotatable bonds is 8. The second-order valence-electron chi connectivity index (χ2n) is 5.82. The number of nitrogens with one attached hydrogen (secondary N) is 1. The highest BCUT2D eigenvalue weighted by Gasteiger charge is 2.18. The van der Waals surface area contributed by atoms with Crippen molar-refractivity contribution in [3.8, 4) is 5.75 Å². The summed E-state index contributed by atoms with van der Waals surface area (Å²) in [5.74, 6) is 1.97. The van der Waals surface area contributed by atoms with E-state index in [0.29, 0.717) is 12.5 Å². The van der Waals surface area contributed by atoms with Gasteiger partial charge in [0.15, 0.2) is 5.75 Å². The zero-order valence-electron chi connectivity index (χ0n) is 13.4. The average molecular weight is 293 g/mol. The van der Waals surface area contributed by atoms with E-state index in [0.717, 1.165) is 56.2 Å². The first-order chi connectivity index (χ1) is 10.2. The van der Waals surface area contributed by atoms with Crippen LogP contribution in [-0.2, 0) is 11.3 Å². The van der Waals surface area contributed by atoms with E-state index >= 15 is 0 Å². The van der Waals surface area contributed by atoms with Crippen molar-refractivity contribution in [2.75, 3.05) is 19.8 Å². The molecule has 21 heavy (non-hydrogen) atoms. The van der Waals surface area contributed by atoms with E-state index in [2.05, 4.69) is 36.1 Å². The smallest absolute Gasteiger partial charge is 0.160 e. The van der Waals surface area contributed by atoms with Crippen LogP contribution in [0.1, 0.15) is 57.5 Å². The van der Waals surface area contributed by atoms with Gasteiger partial charge >= 0.3 is 0 Å². The highest BCUT2D eigenvalue weighted by Crippen LogP contribution is 2.20. The van der Waals surface area contributed by atoms with Crippen LogP contribution in [0.25, 0.3) is 0 Å². The molecule has 1 unspecified atom stereocenters. The molecule has 0 radical (unpaired) electrons. The predicted molar refractivity (Wildman–Crippen MR) is 82.6 cm³/mol. The Morgan fingerprint density at radius 3 is 3.00 bits per heavy atom. The Morgan fingerprint density at radius 1 is 1.48 bits per heavy atom. The summed E-state index contributed by atoms with van der Waals surface area (Å²) in [6.45, 7) is 9.49. The molecule has 1 atom stereocenters. The van der Waals surface area contributed by atoms with Crippen molar-refractivity contribution in [2.24, 2.45) is 0 Å². The SMILES string of the molecule is CCCNCc1nc(C(C)C)ncc1OCC1CCCO1. The minimum atomic E-state index is 0.214. The van der Waals surface area contributed by atoms with Crippen LogP contribution in [0.4, 0.5) is 0 Å². The molecule has 1 aliphatic heterocycles. The topological polar surface area (TPSA) is 56.3 Å². The van der Waals surface area contributed by atoms with Gasteiger partial charge in [0.1, 0.15) is 12.4 Å². The zero-order valence-corrected chi connectivity index (χ0v) is 13.4. The predicted octanol–water partition coefficient (Wildman–Crippen LogP) is 2.66. The maximum atomic E-state index is 5.90. The van der Waals surface area contributed by atoms with Gasteiger partial charge in [-0.25, -0.2) is 9.97 Å². The first-order valence-electron chi connectivity index (χ1n) is 8.01. The van der Waals surface area contributed by atoms with E-state index in [9.17, 15) is 0 Å². The quantitative estimate of drug-likeness (QED) is 0.747. The zero-order chi connectivity index (χ0) is 15.1. The maximum absolute atomic E-state index is 5.90. The average Bonchev–Trinajstić information content (AvgIpc) is 2.99. The molecule has 1 aromatic rings. The van der Waals surface area contributed by atoms with Gasteiger partial charge in [0.25, 0.3) is 0 Å². The van der Waals surface area contributed by atoms with Crippen molar-refractivity contribution in [1.29, 1.82) is 0 Å². The molecule has 0 amide bonds. The van der Waals surface area contributed by atoms with Crippen LogP contribution in [-0.4, -0.2) is 35.8 Å². The summed E-state index contributed by atoms with van der Waals surface area (Å²) >= 11 is 0. The van der Waals surface area contributed by atoms with Gasteiger partial charge in [-0.2, -0.15) is 0 Å². The van der Waals surface area contributed by atoms with Gasteiger partial charge in [0.05, 0.1) is 18.0 Å². The lowest BCUT2D eigenvalue weighted by Gasteiger charge is -2.15. The molecule has 1 saturated heterocycles. The highest BCUT2D eigenvalue weighted by atomic mass is 16.5. The van der Waals surface area contributed by atoms with E-state index in [1.807, 2.05) is 0 Å². The van der Waals surface area contributed by atoms with Crippen LogP contribution in [0.15, 0.2) is 6.20 Å². The molecule has 0 saturated carbocycles. The van der Waals surface area contributed by atoms with Crippen LogP contribution >= 0.6 is 0 Å². The molecule has 0 bridgehead atoms.